The van der Waals surface area contributed by atoms with E-state index in [1.807, 2.05) is 29.2 Å². The smallest absolute Gasteiger partial charge is 0.225 e. The van der Waals surface area contributed by atoms with E-state index in [1.54, 1.807) is 0 Å². The molecule has 1 aromatic carbocycles. The van der Waals surface area contributed by atoms with Crippen molar-refractivity contribution in [1.29, 1.82) is 0 Å². The van der Waals surface area contributed by atoms with Gasteiger partial charge in [0.05, 0.1) is 19.7 Å². The van der Waals surface area contributed by atoms with E-state index in [0.717, 1.165) is 31.5 Å². The fraction of sp³-hybridized carbons (Fsp3) is 0.526. The maximum atomic E-state index is 12.8. The highest BCUT2D eigenvalue weighted by Gasteiger charge is 2.32. The van der Waals surface area contributed by atoms with Crippen LogP contribution in [-0.4, -0.2) is 55.0 Å². The third-order valence-corrected chi connectivity index (χ3v) is 5.12. The van der Waals surface area contributed by atoms with Gasteiger partial charge in [-0.15, -0.1) is 6.42 Å². The highest BCUT2D eigenvalue weighted by molar-refractivity contribution is 6.30. The summed E-state index contributed by atoms with van der Waals surface area (Å²) in [5.74, 6) is 3.05. The Labute approximate surface area is 148 Å². The summed E-state index contributed by atoms with van der Waals surface area (Å²) in [4.78, 5) is 17.0. The molecule has 2 heterocycles. The maximum Gasteiger partial charge on any atom is 0.225 e. The Hall–Kier alpha value is -1.54. The van der Waals surface area contributed by atoms with Gasteiger partial charge in [-0.05, 0) is 43.6 Å². The van der Waals surface area contributed by atoms with Crippen molar-refractivity contribution in [2.75, 3.05) is 39.3 Å². The van der Waals surface area contributed by atoms with Crippen LogP contribution in [0.25, 0.3) is 0 Å². The number of benzene rings is 1. The van der Waals surface area contributed by atoms with Crippen LogP contribution in [0.15, 0.2) is 24.3 Å². The number of halogens is 1. The molecule has 24 heavy (non-hydrogen) atoms. The second-order valence-corrected chi connectivity index (χ2v) is 6.89. The lowest BCUT2D eigenvalue weighted by Crippen LogP contribution is -2.47. The first-order valence-corrected chi connectivity index (χ1v) is 8.87. The lowest BCUT2D eigenvalue weighted by Gasteiger charge is -2.37. The number of hydrogen-bond donors (Lipinski definition) is 0. The first-order valence-electron chi connectivity index (χ1n) is 8.49. The molecule has 3 rings (SSSR count). The van der Waals surface area contributed by atoms with Crippen LogP contribution in [0.1, 0.15) is 24.5 Å². The zero-order valence-corrected chi connectivity index (χ0v) is 14.5. The summed E-state index contributed by atoms with van der Waals surface area (Å²) in [7, 11) is 0. The van der Waals surface area contributed by atoms with Gasteiger partial charge in [-0.1, -0.05) is 29.7 Å². The fourth-order valence-corrected chi connectivity index (χ4v) is 3.58. The second-order valence-electron chi connectivity index (χ2n) is 6.45. The van der Waals surface area contributed by atoms with Crippen molar-refractivity contribution in [3.63, 3.8) is 0 Å². The number of carbonyl (C=O) groups is 1. The Bertz CT molecular complexity index is 603. The van der Waals surface area contributed by atoms with Crippen LogP contribution >= 0.6 is 11.6 Å². The zero-order chi connectivity index (χ0) is 16.9. The molecular weight excluding hydrogens is 324 g/mol. The average Bonchev–Trinajstić information content (AvgIpc) is 2.63. The number of ether oxygens (including phenoxy) is 1. The van der Waals surface area contributed by atoms with Gasteiger partial charge >= 0.3 is 0 Å². The number of nitrogens with zero attached hydrogens (tertiary/aromatic N) is 2. The van der Waals surface area contributed by atoms with Crippen LogP contribution in [0.4, 0.5) is 0 Å². The van der Waals surface area contributed by atoms with Crippen LogP contribution in [0, 0.1) is 18.3 Å². The Morgan fingerprint density at radius 1 is 1.25 bits per heavy atom. The van der Waals surface area contributed by atoms with E-state index in [1.165, 1.54) is 0 Å². The highest BCUT2D eigenvalue weighted by atomic mass is 35.5. The number of piperidine rings is 1. The molecule has 2 fully saturated rings. The van der Waals surface area contributed by atoms with Crippen molar-refractivity contribution >= 4 is 17.5 Å². The number of carbonyl (C=O) groups excluding carboxylic acids is 1. The molecular formula is C19H23ClN2O2. The van der Waals surface area contributed by atoms with Gasteiger partial charge in [0.15, 0.2) is 0 Å². The molecule has 0 N–H and O–H groups in total. The van der Waals surface area contributed by atoms with Gasteiger partial charge in [0, 0.05) is 17.5 Å². The molecule has 0 radical (unpaired) electrons. The van der Waals surface area contributed by atoms with E-state index in [-0.39, 0.29) is 17.9 Å². The number of likely N-dealkylation sites (tertiary alicyclic amines) is 1. The van der Waals surface area contributed by atoms with Crippen molar-refractivity contribution in [3.05, 3.63) is 34.9 Å². The molecule has 0 spiro atoms. The fourth-order valence-electron chi connectivity index (χ4n) is 3.45. The summed E-state index contributed by atoms with van der Waals surface area (Å²) >= 11 is 5.94. The molecule has 0 bridgehead atoms. The number of rotatable bonds is 3. The molecule has 1 aromatic rings. The van der Waals surface area contributed by atoms with Gasteiger partial charge in [-0.2, -0.15) is 0 Å². The van der Waals surface area contributed by atoms with Gasteiger partial charge in [0.1, 0.15) is 6.10 Å². The minimum atomic E-state index is -0.0681. The van der Waals surface area contributed by atoms with E-state index in [4.69, 9.17) is 22.8 Å². The Morgan fingerprint density at radius 2 is 1.96 bits per heavy atom. The van der Waals surface area contributed by atoms with Crippen molar-refractivity contribution in [1.82, 2.24) is 9.80 Å². The topological polar surface area (TPSA) is 32.8 Å². The SMILES string of the molecule is C#CCN1CCC(C(=O)N2CCOC(c3ccc(Cl)cc3)C2)CC1. The molecule has 0 aromatic heterocycles. The summed E-state index contributed by atoms with van der Waals surface area (Å²) in [5, 5.41) is 0.709. The molecule has 5 heteroatoms. The van der Waals surface area contributed by atoms with Crippen LogP contribution in [0.2, 0.25) is 5.02 Å². The minimum Gasteiger partial charge on any atom is -0.370 e. The Morgan fingerprint density at radius 3 is 2.62 bits per heavy atom. The van der Waals surface area contributed by atoms with Crippen LogP contribution in [0.5, 0.6) is 0 Å². The second kappa shape index (κ2) is 8.02. The first-order chi connectivity index (χ1) is 11.7. The number of hydrogen-bond acceptors (Lipinski definition) is 3. The Balaban J connectivity index is 1.57. The highest BCUT2D eigenvalue weighted by Crippen LogP contribution is 2.26. The van der Waals surface area contributed by atoms with Crippen molar-refractivity contribution < 1.29 is 9.53 Å². The minimum absolute atomic E-state index is 0.0681. The monoisotopic (exact) mass is 346 g/mol. The predicted molar refractivity (Wildman–Crippen MR) is 94.7 cm³/mol. The largest absolute Gasteiger partial charge is 0.370 e. The number of terminal acetylenes is 1. The third-order valence-electron chi connectivity index (χ3n) is 4.87. The van der Waals surface area contributed by atoms with E-state index in [9.17, 15) is 4.79 Å². The standard InChI is InChI=1S/C19H23ClN2O2/c1-2-9-21-10-7-16(8-11-21)19(23)22-12-13-24-18(14-22)15-3-5-17(20)6-4-15/h1,3-6,16,18H,7-14H2. The normalized spacial score (nSPS) is 23.0. The molecule has 128 valence electrons. The van der Waals surface area contributed by atoms with Gasteiger partial charge in [0.2, 0.25) is 5.91 Å². The third kappa shape index (κ3) is 4.10. The van der Waals surface area contributed by atoms with E-state index >= 15 is 0 Å². The predicted octanol–water partition coefficient (Wildman–Crippen LogP) is 2.59. The summed E-state index contributed by atoms with van der Waals surface area (Å²) in [6, 6.07) is 7.67. The lowest BCUT2D eigenvalue weighted by atomic mass is 9.94. The van der Waals surface area contributed by atoms with E-state index < -0.39 is 0 Å². The molecule has 4 nitrogen and oxygen atoms in total. The number of morpholine rings is 1. The summed E-state index contributed by atoms with van der Waals surface area (Å²) in [6.07, 6.45) is 7.08. The Kier molecular flexibility index (Phi) is 5.78. The van der Waals surface area contributed by atoms with Gasteiger partial charge in [-0.3, -0.25) is 9.69 Å². The van der Waals surface area contributed by atoms with Crippen LogP contribution in [0.3, 0.4) is 0 Å². The van der Waals surface area contributed by atoms with Crippen molar-refractivity contribution in [2.45, 2.75) is 18.9 Å². The van der Waals surface area contributed by atoms with Crippen LogP contribution < -0.4 is 0 Å². The molecule has 2 aliphatic rings. The average molecular weight is 347 g/mol. The number of amides is 1. The summed E-state index contributed by atoms with van der Waals surface area (Å²) in [5.41, 5.74) is 1.07. The first kappa shape index (κ1) is 17.3. The van der Waals surface area contributed by atoms with Gasteiger partial charge in [0.25, 0.3) is 0 Å². The molecule has 2 saturated heterocycles. The summed E-state index contributed by atoms with van der Waals surface area (Å²) in [6.45, 7) is 4.36. The molecule has 1 amide bonds. The van der Waals surface area contributed by atoms with E-state index in [0.29, 0.717) is 31.3 Å². The lowest BCUT2D eigenvalue weighted by molar-refractivity contribution is -0.144. The molecule has 0 saturated carbocycles. The van der Waals surface area contributed by atoms with Crippen molar-refractivity contribution in [3.8, 4) is 12.3 Å². The van der Waals surface area contributed by atoms with Crippen LogP contribution in [-0.2, 0) is 9.53 Å². The van der Waals surface area contributed by atoms with Gasteiger partial charge < -0.3 is 9.64 Å². The zero-order valence-electron chi connectivity index (χ0n) is 13.8. The molecule has 1 unspecified atom stereocenters. The van der Waals surface area contributed by atoms with Crippen molar-refractivity contribution in [2.24, 2.45) is 5.92 Å². The molecule has 1 atom stereocenters. The summed E-state index contributed by atoms with van der Waals surface area (Å²) < 4.78 is 5.85. The van der Waals surface area contributed by atoms with E-state index in [2.05, 4.69) is 10.8 Å². The van der Waals surface area contributed by atoms with Gasteiger partial charge in [-0.25, -0.2) is 0 Å². The maximum absolute atomic E-state index is 12.8. The molecule has 0 aliphatic carbocycles. The molecule has 2 aliphatic heterocycles. The quantitative estimate of drug-likeness (QED) is 0.789.